The Hall–Kier alpha value is -2.36. The van der Waals surface area contributed by atoms with E-state index in [-0.39, 0.29) is 36.0 Å². The van der Waals surface area contributed by atoms with Crippen LogP contribution in [0.1, 0.15) is 6.42 Å². The van der Waals surface area contributed by atoms with Gasteiger partial charge in [-0.1, -0.05) is 21.2 Å². The summed E-state index contributed by atoms with van der Waals surface area (Å²) in [5.41, 5.74) is 0.965. The Labute approximate surface area is 164 Å². The number of amides is 2. The Morgan fingerprint density at radius 2 is 1.59 bits per heavy atom. The first-order valence-electron chi connectivity index (χ1n) is 8.76. The molecule has 3 fully saturated rings. The molecule has 4 aliphatic rings. The van der Waals surface area contributed by atoms with Crippen molar-refractivity contribution in [3.8, 4) is 0 Å². The third kappa shape index (κ3) is 2.10. The molecular weight excluding hydrogens is 418 g/mol. The molecule has 2 heterocycles. The molecule has 1 saturated heterocycles. The van der Waals surface area contributed by atoms with Crippen molar-refractivity contribution in [1.29, 1.82) is 0 Å². The number of ether oxygens (including phenoxy) is 2. The van der Waals surface area contributed by atoms with Crippen molar-refractivity contribution in [3.63, 3.8) is 0 Å². The van der Waals surface area contributed by atoms with Crippen molar-refractivity contribution < 1.29 is 19.1 Å². The summed E-state index contributed by atoms with van der Waals surface area (Å²) in [4.78, 5) is 24.6. The minimum absolute atomic E-state index is 0.00634. The molecule has 6 atom stereocenters. The standard InChI is InChI=1S/C17H18BrN5O4/c1-26-16(24)22-14-10-7-11(15(14)23(22)17(25)27-2)13-12(10)19-20-21(13)9-5-3-8(18)4-6-9/h3-6,10-15H,7H2,1-2H3/t10-,11+,12+,13-,14-,15+/m1/s1. The lowest BCUT2D eigenvalue weighted by Gasteiger charge is -2.58. The highest BCUT2D eigenvalue weighted by Crippen LogP contribution is 2.59. The number of benzene rings is 1. The average Bonchev–Trinajstić information content (AvgIpc) is 3.31. The number of halogens is 1. The van der Waals surface area contributed by atoms with Crippen LogP contribution in [0.4, 0.5) is 15.3 Å². The predicted molar refractivity (Wildman–Crippen MR) is 96.7 cm³/mol. The van der Waals surface area contributed by atoms with Gasteiger partial charge in [-0.3, -0.25) is 0 Å². The van der Waals surface area contributed by atoms with Crippen molar-refractivity contribution in [2.45, 2.75) is 30.6 Å². The van der Waals surface area contributed by atoms with E-state index in [2.05, 4.69) is 26.3 Å². The Balaban J connectivity index is 1.47. The zero-order chi connectivity index (χ0) is 18.9. The number of anilines is 1. The van der Waals surface area contributed by atoms with Crippen LogP contribution in [0, 0.1) is 11.8 Å². The van der Waals surface area contributed by atoms with E-state index in [1.54, 1.807) is 0 Å². The van der Waals surface area contributed by atoms with E-state index in [1.165, 1.54) is 24.2 Å². The minimum Gasteiger partial charge on any atom is -0.452 e. The third-order valence-corrected chi connectivity index (χ3v) is 6.70. The smallest absolute Gasteiger partial charge is 0.429 e. The largest absolute Gasteiger partial charge is 0.452 e. The quantitative estimate of drug-likeness (QED) is 0.676. The molecule has 0 unspecified atom stereocenters. The summed E-state index contributed by atoms with van der Waals surface area (Å²) in [5, 5.41) is 13.7. The van der Waals surface area contributed by atoms with E-state index < -0.39 is 12.2 Å². The second kappa shape index (κ2) is 5.82. The highest BCUT2D eigenvalue weighted by atomic mass is 79.9. The molecule has 10 heteroatoms. The van der Waals surface area contributed by atoms with Crippen molar-refractivity contribution in [2.75, 3.05) is 19.2 Å². The maximum atomic E-state index is 12.3. The molecule has 1 aromatic carbocycles. The monoisotopic (exact) mass is 435 g/mol. The number of carbonyl (C=O) groups is 2. The number of hydrogen-bond acceptors (Lipinski definition) is 7. The second-order valence-corrected chi connectivity index (χ2v) is 8.10. The van der Waals surface area contributed by atoms with Crippen LogP contribution < -0.4 is 5.01 Å². The highest BCUT2D eigenvalue weighted by Gasteiger charge is 2.73. The van der Waals surface area contributed by atoms with Gasteiger partial charge in [-0.05, 0) is 30.7 Å². The molecule has 0 radical (unpaired) electrons. The molecule has 2 saturated carbocycles. The van der Waals surface area contributed by atoms with E-state index in [9.17, 15) is 9.59 Å². The number of carbonyl (C=O) groups excluding carboxylic acids is 2. The van der Waals surface area contributed by atoms with Crippen LogP contribution in [0.3, 0.4) is 0 Å². The highest BCUT2D eigenvalue weighted by molar-refractivity contribution is 9.10. The van der Waals surface area contributed by atoms with Crippen LogP contribution in [-0.4, -0.2) is 60.6 Å². The molecule has 0 spiro atoms. The number of hydrazine groups is 1. The molecule has 1 aromatic rings. The molecule has 0 aromatic heterocycles. The molecule has 5 rings (SSSR count). The van der Waals surface area contributed by atoms with E-state index in [0.717, 1.165) is 16.6 Å². The SMILES string of the molecule is COC(=O)N1[C@@H]2[C@@H]3C[C@@H]([C@@H]4[C@H]3N=NN4c3ccc(Br)cc3)[C@@H]2N1C(=O)OC. The van der Waals surface area contributed by atoms with Crippen LogP contribution in [0.15, 0.2) is 39.1 Å². The van der Waals surface area contributed by atoms with Gasteiger partial charge in [-0.15, -0.1) is 0 Å². The maximum absolute atomic E-state index is 12.3. The van der Waals surface area contributed by atoms with Crippen LogP contribution in [0.5, 0.6) is 0 Å². The Kier molecular flexibility index (Phi) is 3.62. The van der Waals surface area contributed by atoms with Crippen LogP contribution >= 0.6 is 15.9 Å². The molecular formula is C17H18BrN5O4. The van der Waals surface area contributed by atoms with Gasteiger partial charge in [0.15, 0.2) is 0 Å². The lowest BCUT2D eigenvalue weighted by molar-refractivity contribution is -0.181. The topological polar surface area (TPSA) is 87.0 Å². The number of hydrogen-bond donors (Lipinski definition) is 0. The van der Waals surface area contributed by atoms with Gasteiger partial charge in [0.2, 0.25) is 0 Å². The Morgan fingerprint density at radius 3 is 2.19 bits per heavy atom. The van der Waals surface area contributed by atoms with Gasteiger partial charge >= 0.3 is 12.2 Å². The number of methoxy groups -OCH3 is 2. The van der Waals surface area contributed by atoms with Gasteiger partial charge < -0.3 is 9.47 Å². The van der Waals surface area contributed by atoms with Gasteiger partial charge in [0.25, 0.3) is 0 Å². The van der Waals surface area contributed by atoms with Crippen LogP contribution in [0.25, 0.3) is 0 Å². The van der Waals surface area contributed by atoms with Crippen LogP contribution in [-0.2, 0) is 9.47 Å². The molecule has 142 valence electrons. The van der Waals surface area contributed by atoms with Crippen molar-refractivity contribution in [1.82, 2.24) is 10.0 Å². The molecule has 2 amide bonds. The molecule has 2 aliphatic carbocycles. The van der Waals surface area contributed by atoms with Crippen molar-refractivity contribution in [2.24, 2.45) is 22.2 Å². The van der Waals surface area contributed by atoms with Gasteiger partial charge in [0, 0.05) is 16.3 Å². The summed E-state index contributed by atoms with van der Waals surface area (Å²) < 4.78 is 10.8. The van der Waals surface area contributed by atoms with Gasteiger partial charge in [0.05, 0.1) is 38.0 Å². The van der Waals surface area contributed by atoms with Gasteiger partial charge in [-0.25, -0.2) is 24.6 Å². The lowest BCUT2D eigenvalue weighted by Crippen LogP contribution is -2.78. The van der Waals surface area contributed by atoms with Crippen molar-refractivity contribution >= 4 is 33.8 Å². The number of rotatable bonds is 1. The van der Waals surface area contributed by atoms with Gasteiger partial charge in [0.1, 0.15) is 6.04 Å². The summed E-state index contributed by atoms with van der Waals surface area (Å²) >= 11 is 3.45. The summed E-state index contributed by atoms with van der Waals surface area (Å²) in [6, 6.07) is 7.80. The zero-order valence-corrected chi connectivity index (χ0v) is 16.3. The summed E-state index contributed by atoms with van der Waals surface area (Å²) in [6.45, 7) is 0. The summed E-state index contributed by atoms with van der Waals surface area (Å²) in [6.07, 6.45) is -0.212. The fourth-order valence-electron chi connectivity index (χ4n) is 5.24. The fraction of sp³-hybridized carbons (Fsp3) is 0.529. The lowest BCUT2D eigenvalue weighted by atomic mass is 9.79. The molecule has 2 bridgehead atoms. The van der Waals surface area contributed by atoms with E-state index in [1.807, 2.05) is 29.3 Å². The Bertz CT molecular complexity index is 833. The first-order valence-corrected chi connectivity index (χ1v) is 9.56. The normalized spacial score (nSPS) is 35.0. The predicted octanol–water partition coefficient (Wildman–Crippen LogP) is 2.83. The fourth-order valence-corrected chi connectivity index (χ4v) is 5.50. The minimum atomic E-state index is -0.551. The number of fused-ring (bicyclic) bond motifs is 8. The average molecular weight is 436 g/mol. The first-order chi connectivity index (χ1) is 13.1. The Morgan fingerprint density at radius 1 is 1.00 bits per heavy atom. The van der Waals surface area contributed by atoms with E-state index in [4.69, 9.17) is 9.47 Å². The zero-order valence-electron chi connectivity index (χ0n) is 14.7. The summed E-state index contributed by atoms with van der Waals surface area (Å²) in [5.74, 6) is 0.304. The molecule has 27 heavy (non-hydrogen) atoms. The van der Waals surface area contributed by atoms with E-state index >= 15 is 0 Å². The maximum Gasteiger partial charge on any atom is 0.429 e. The third-order valence-electron chi connectivity index (χ3n) is 6.17. The molecule has 0 N–H and O–H groups in total. The molecule has 2 aliphatic heterocycles. The first kappa shape index (κ1) is 16.8. The molecule has 9 nitrogen and oxygen atoms in total. The van der Waals surface area contributed by atoms with E-state index in [0.29, 0.717) is 0 Å². The second-order valence-electron chi connectivity index (χ2n) is 7.18. The number of nitrogens with zero attached hydrogens (tertiary/aromatic N) is 5. The van der Waals surface area contributed by atoms with Crippen LogP contribution in [0.2, 0.25) is 0 Å². The van der Waals surface area contributed by atoms with Gasteiger partial charge in [-0.2, -0.15) is 5.11 Å². The van der Waals surface area contributed by atoms with Crippen molar-refractivity contribution in [3.05, 3.63) is 28.7 Å². The summed E-state index contributed by atoms with van der Waals surface area (Å²) in [7, 11) is 2.63.